The third kappa shape index (κ3) is 5.32. The molecule has 0 aliphatic carbocycles. The van der Waals surface area contributed by atoms with E-state index in [9.17, 15) is 4.79 Å². The van der Waals surface area contributed by atoms with E-state index in [2.05, 4.69) is 4.99 Å². The predicted octanol–water partition coefficient (Wildman–Crippen LogP) is 5.45. The van der Waals surface area contributed by atoms with Crippen molar-refractivity contribution in [3.63, 3.8) is 0 Å². The van der Waals surface area contributed by atoms with Crippen molar-refractivity contribution in [1.82, 2.24) is 0 Å². The van der Waals surface area contributed by atoms with E-state index in [1.54, 1.807) is 24.3 Å². The fraction of sp³-hybridized carbons (Fsp3) is 0.120. The fourth-order valence-electron chi connectivity index (χ4n) is 2.97. The lowest BCUT2D eigenvalue weighted by Crippen LogP contribution is -2.09. The standard InChI is InChI=1S/C25H20ClNO4/c1-17-7-10-21(11-8-17)29-13-14-30-23-12-9-20(26)15-19(23)16-22-25(28)31-24(27-22)18-5-3-2-4-6-18/h2-12,15-16H,13-14H2,1H3. The molecule has 1 aliphatic heterocycles. The zero-order chi connectivity index (χ0) is 21.6. The van der Waals surface area contributed by atoms with Gasteiger partial charge in [0.15, 0.2) is 5.70 Å². The Hall–Kier alpha value is -3.57. The average molecular weight is 434 g/mol. The summed E-state index contributed by atoms with van der Waals surface area (Å²) in [5, 5.41) is 0.522. The van der Waals surface area contributed by atoms with Crippen LogP contribution in [0.2, 0.25) is 5.02 Å². The molecule has 3 aromatic carbocycles. The van der Waals surface area contributed by atoms with Gasteiger partial charge in [0.1, 0.15) is 24.7 Å². The van der Waals surface area contributed by atoms with Crippen molar-refractivity contribution in [3.8, 4) is 11.5 Å². The van der Waals surface area contributed by atoms with Crippen LogP contribution in [-0.4, -0.2) is 25.1 Å². The van der Waals surface area contributed by atoms with E-state index in [1.807, 2.05) is 61.5 Å². The molecule has 6 heteroatoms. The maximum absolute atomic E-state index is 12.3. The fourth-order valence-corrected chi connectivity index (χ4v) is 3.15. The molecule has 0 aromatic heterocycles. The van der Waals surface area contributed by atoms with Gasteiger partial charge in [-0.1, -0.05) is 47.5 Å². The van der Waals surface area contributed by atoms with Gasteiger partial charge in [0, 0.05) is 16.1 Å². The average Bonchev–Trinajstić information content (AvgIpc) is 3.14. The van der Waals surface area contributed by atoms with Crippen LogP contribution < -0.4 is 9.47 Å². The second-order valence-electron chi connectivity index (χ2n) is 6.89. The van der Waals surface area contributed by atoms with Crippen molar-refractivity contribution in [3.05, 3.63) is 100 Å². The maximum atomic E-state index is 12.3. The SMILES string of the molecule is Cc1ccc(OCCOc2ccc(Cl)cc2C=C2N=C(c3ccccc3)OC2=O)cc1. The Balaban J connectivity index is 1.47. The molecule has 0 bridgehead atoms. The van der Waals surface area contributed by atoms with Crippen molar-refractivity contribution < 1.29 is 19.0 Å². The monoisotopic (exact) mass is 433 g/mol. The summed E-state index contributed by atoms with van der Waals surface area (Å²) in [4.78, 5) is 16.6. The molecule has 3 aromatic rings. The Kier molecular flexibility index (Phi) is 6.34. The molecule has 1 heterocycles. The van der Waals surface area contributed by atoms with Crippen LogP contribution in [0.5, 0.6) is 11.5 Å². The van der Waals surface area contributed by atoms with E-state index in [-0.39, 0.29) is 11.6 Å². The molecule has 31 heavy (non-hydrogen) atoms. The summed E-state index contributed by atoms with van der Waals surface area (Å²) in [6, 6.07) is 22.3. The zero-order valence-electron chi connectivity index (χ0n) is 16.9. The number of rotatable bonds is 7. The van der Waals surface area contributed by atoms with E-state index in [0.29, 0.717) is 29.5 Å². The van der Waals surface area contributed by atoms with Gasteiger partial charge >= 0.3 is 5.97 Å². The molecule has 0 saturated carbocycles. The molecule has 0 unspecified atom stereocenters. The third-order valence-corrected chi connectivity index (χ3v) is 4.77. The number of nitrogens with zero attached hydrogens (tertiary/aromatic N) is 1. The lowest BCUT2D eigenvalue weighted by molar-refractivity contribution is -0.129. The minimum absolute atomic E-state index is 0.182. The van der Waals surface area contributed by atoms with E-state index < -0.39 is 5.97 Å². The van der Waals surface area contributed by atoms with Gasteiger partial charge < -0.3 is 14.2 Å². The number of carbonyl (C=O) groups excluding carboxylic acids is 1. The van der Waals surface area contributed by atoms with Crippen LogP contribution >= 0.6 is 11.6 Å². The number of hydrogen-bond acceptors (Lipinski definition) is 5. The normalized spacial score (nSPS) is 14.3. The Morgan fingerprint density at radius 1 is 0.968 bits per heavy atom. The van der Waals surface area contributed by atoms with Crippen LogP contribution in [0.25, 0.3) is 6.08 Å². The van der Waals surface area contributed by atoms with Gasteiger partial charge in [0.25, 0.3) is 0 Å². The lowest BCUT2D eigenvalue weighted by Gasteiger charge is -2.11. The van der Waals surface area contributed by atoms with Crippen LogP contribution in [0.15, 0.2) is 83.5 Å². The van der Waals surface area contributed by atoms with Gasteiger partial charge in [0.05, 0.1) is 0 Å². The number of hydrogen-bond donors (Lipinski definition) is 0. The van der Waals surface area contributed by atoms with Crippen molar-refractivity contribution in [1.29, 1.82) is 0 Å². The molecule has 0 N–H and O–H groups in total. The van der Waals surface area contributed by atoms with Gasteiger partial charge in [-0.15, -0.1) is 0 Å². The van der Waals surface area contributed by atoms with Crippen LogP contribution in [0.3, 0.4) is 0 Å². The molecule has 4 rings (SSSR count). The molecule has 0 saturated heterocycles. The Bertz CT molecular complexity index is 1140. The Labute approximate surface area is 185 Å². The van der Waals surface area contributed by atoms with E-state index in [4.69, 9.17) is 25.8 Å². The molecular formula is C25H20ClNO4. The molecule has 5 nitrogen and oxygen atoms in total. The molecular weight excluding hydrogens is 414 g/mol. The molecule has 1 aliphatic rings. The van der Waals surface area contributed by atoms with Gasteiger partial charge in [-0.05, 0) is 55.5 Å². The minimum Gasteiger partial charge on any atom is -0.490 e. The second kappa shape index (κ2) is 9.49. The quantitative estimate of drug-likeness (QED) is 0.282. The van der Waals surface area contributed by atoms with E-state index in [0.717, 1.165) is 11.3 Å². The summed E-state index contributed by atoms with van der Waals surface area (Å²) in [5.41, 5.74) is 2.72. The highest BCUT2D eigenvalue weighted by Gasteiger charge is 2.24. The highest BCUT2D eigenvalue weighted by Crippen LogP contribution is 2.27. The highest BCUT2D eigenvalue weighted by atomic mass is 35.5. The van der Waals surface area contributed by atoms with Gasteiger partial charge in [-0.3, -0.25) is 0 Å². The van der Waals surface area contributed by atoms with Gasteiger partial charge in [0.2, 0.25) is 5.90 Å². The summed E-state index contributed by atoms with van der Waals surface area (Å²) < 4.78 is 16.9. The number of carbonyl (C=O) groups is 1. The smallest absolute Gasteiger partial charge is 0.363 e. The number of aryl methyl sites for hydroxylation is 1. The van der Waals surface area contributed by atoms with Crippen LogP contribution in [0, 0.1) is 6.92 Å². The maximum Gasteiger partial charge on any atom is 0.363 e. The third-order valence-electron chi connectivity index (χ3n) is 4.54. The first-order valence-corrected chi connectivity index (χ1v) is 10.2. The van der Waals surface area contributed by atoms with Crippen LogP contribution in [0.1, 0.15) is 16.7 Å². The summed E-state index contributed by atoms with van der Waals surface area (Å²) in [6.45, 7) is 2.73. The zero-order valence-corrected chi connectivity index (χ0v) is 17.6. The van der Waals surface area contributed by atoms with Crippen molar-refractivity contribution in [2.75, 3.05) is 13.2 Å². The van der Waals surface area contributed by atoms with Crippen LogP contribution in [0.4, 0.5) is 0 Å². The first-order valence-electron chi connectivity index (χ1n) is 9.78. The predicted molar refractivity (Wildman–Crippen MR) is 121 cm³/mol. The number of benzene rings is 3. The minimum atomic E-state index is -0.521. The van der Waals surface area contributed by atoms with E-state index in [1.165, 1.54) is 5.56 Å². The Morgan fingerprint density at radius 2 is 1.71 bits per heavy atom. The first-order chi connectivity index (χ1) is 15.1. The van der Waals surface area contributed by atoms with E-state index >= 15 is 0 Å². The first kappa shape index (κ1) is 20.7. The highest BCUT2D eigenvalue weighted by molar-refractivity contribution is 6.30. The molecule has 156 valence electrons. The van der Waals surface area contributed by atoms with Crippen LogP contribution in [-0.2, 0) is 9.53 Å². The number of aliphatic imine (C=N–C) groups is 1. The van der Waals surface area contributed by atoms with Gasteiger partial charge in [-0.25, -0.2) is 9.79 Å². The number of esters is 1. The number of cyclic esters (lactones) is 1. The molecule has 0 fully saturated rings. The van der Waals surface area contributed by atoms with Crippen molar-refractivity contribution in [2.45, 2.75) is 6.92 Å². The number of halogens is 1. The largest absolute Gasteiger partial charge is 0.490 e. The summed E-state index contributed by atoms with van der Waals surface area (Å²) >= 11 is 6.16. The molecule has 0 radical (unpaired) electrons. The Morgan fingerprint density at radius 3 is 2.48 bits per heavy atom. The summed E-state index contributed by atoms with van der Waals surface area (Å²) in [6.07, 6.45) is 1.61. The molecule has 0 spiro atoms. The molecule has 0 atom stereocenters. The lowest BCUT2D eigenvalue weighted by atomic mass is 10.1. The van der Waals surface area contributed by atoms with Gasteiger partial charge in [-0.2, -0.15) is 0 Å². The van der Waals surface area contributed by atoms with Crippen molar-refractivity contribution >= 4 is 29.5 Å². The second-order valence-corrected chi connectivity index (χ2v) is 7.33. The molecule has 0 amide bonds. The number of ether oxygens (including phenoxy) is 3. The summed E-state index contributed by atoms with van der Waals surface area (Å²) in [7, 11) is 0. The van der Waals surface area contributed by atoms with Crippen molar-refractivity contribution in [2.24, 2.45) is 4.99 Å². The summed E-state index contributed by atoms with van der Waals surface area (Å²) in [5.74, 6) is 1.10. The topological polar surface area (TPSA) is 57.1 Å².